The average Bonchev–Trinajstić information content (AvgIpc) is 1.58. The molecule has 72 valence electrons. The Morgan fingerprint density at radius 3 is 1.25 bits per heavy atom. The molecule has 12 heavy (non-hydrogen) atoms. The first kappa shape index (κ1) is 16.0. The number of rotatable bonds is 2. The summed E-state index contributed by atoms with van der Waals surface area (Å²) in [7, 11) is -10.4. The topological polar surface area (TPSA) is 135 Å². The Hall–Kier alpha value is 1.52. The predicted molar refractivity (Wildman–Crippen MR) is 42.7 cm³/mol. The summed E-state index contributed by atoms with van der Waals surface area (Å²) in [5.41, 5.74) is 0. The molecule has 5 N–H and O–H groups in total. The second-order valence-corrected chi connectivity index (χ2v) is 6.33. The van der Waals surface area contributed by atoms with Gasteiger partial charge in [-0.2, -0.15) is 0 Å². The van der Waals surface area contributed by atoms with Crippen LogP contribution in [0.15, 0.2) is 0 Å². The van der Waals surface area contributed by atoms with Gasteiger partial charge in [0.15, 0.2) is 0 Å². The van der Waals surface area contributed by atoms with Gasteiger partial charge in [-0.1, -0.05) is 0 Å². The molecule has 7 nitrogen and oxygen atoms in total. The molecule has 0 bridgehead atoms. The van der Waals surface area contributed by atoms with Gasteiger partial charge in [0.1, 0.15) is 0 Å². The SMILES string of the molecule is CC(O)(P(=O)(O)O)P(=O)(O)O.[Ca+2].[H-].[H-]. The van der Waals surface area contributed by atoms with Crippen molar-refractivity contribution in [3.8, 4) is 0 Å². The van der Waals surface area contributed by atoms with Gasteiger partial charge >= 0.3 is 52.9 Å². The van der Waals surface area contributed by atoms with Crippen LogP contribution in [0.4, 0.5) is 0 Å². The van der Waals surface area contributed by atoms with Crippen molar-refractivity contribution in [3.05, 3.63) is 0 Å². The van der Waals surface area contributed by atoms with E-state index in [9.17, 15) is 9.13 Å². The molecule has 0 unspecified atom stereocenters. The van der Waals surface area contributed by atoms with E-state index in [2.05, 4.69) is 0 Å². The van der Waals surface area contributed by atoms with Gasteiger partial charge in [0.05, 0.1) is 0 Å². The van der Waals surface area contributed by atoms with Crippen molar-refractivity contribution >= 4 is 52.9 Å². The summed E-state index contributed by atoms with van der Waals surface area (Å²) in [5, 5.41) is 5.37. The van der Waals surface area contributed by atoms with Gasteiger partial charge in [-0.05, 0) is 6.92 Å². The van der Waals surface area contributed by atoms with Gasteiger partial charge < -0.3 is 27.5 Å². The average molecular weight is 248 g/mol. The molecule has 0 rings (SSSR count). The van der Waals surface area contributed by atoms with Crippen molar-refractivity contribution in [2.24, 2.45) is 0 Å². The zero-order chi connectivity index (χ0) is 9.50. The zero-order valence-corrected chi connectivity index (χ0v) is 10.2. The van der Waals surface area contributed by atoms with Crippen LogP contribution in [0.1, 0.15) is 9.78 Å². The summed E-state index contributed by atoms with van der Waals surface area (Å²) < 4.78 is 20.5. The molecule has 0 aliphatic carbocycles. The summed E-state index contributed by atoms with van der Waals surface area (Å²) in [6.07, 6.45) is 0. The number of hydrogen-bond acceptors (Lipinski definition) is 3. The van der Waals surface area contributed by atoms with Crippen molar-refractivity contribution < 1.29 is 36.7 Å². The molecule has 0 heterocycles. The first-order chi connectivity index (χ1) is 4.50. The van der Waals surface area contributed by atoms with Crippen LogP contribution in [-0.2, 0) is 9.13 Å². The maximum atomic E-state index is 10.3. The fourth-order valence-corrected chi connectivity index (χ4v) is 1.53. The fourth-order valence-electron chi connectivity index (χ4n) is 0.170. The molecule has 0 saturated heterocycles. The van der Waals surface area contributed by atoms with E-state index in [0.29, 0.717) is 6.92 Å². The van der Waals surface area contributed by atoms with Gasteiger partial charge in [0.25, 0.3) is 5.08 Å². The standard InChI is InChI=1S/C2H8O7P2.Ca.2H/c1-2(3,10(4,5)6)11(7,8)9;;;/h3H,1H3,(H2,4,5,6)(H2,7,8,9);;;/q;+2;2*-1. The van der Waals surface area contributed by atoms with Crippen LogP contribution in [0.3, 0.4) is 0 Å². The molecule has 0 aromatic carbocycles. The molecule has 0 atom stereocenters. The number of hydrogen-bond donors (Lipinski definition) is 5. The molecule has 0 aliphatic rings. The van der Waals surface area contributed by atoms with Crippen molar-refractivity contribution in [3.63, 3.8) is 0 Å². The van der Waals surface area contributed by atoms with Gasteiger partial charge in [0.2, 0.25) is 0 Å². The predicted octanol–water partition coefficient (Wildman–Crippen LogP) is -1.15. The largest absolute Gasteiger partial charge is 2.00 e. The van der Waals surface area contributed by atoms with Gasteiger partial charge in [-0.15, -0.1) is 0 Å². The quantitative estimate of drug-likeness (QED) is 0.307. The van der Waals surface area contributed by atoms with E-state index in [0.717, 1.165) is 0 Å². The van der Waals surface area contributed by atoms with Crippen molar-refractivity contribution in [2.75, 3.05) is 0 Å². The monoisotopic (exact) mass is 248 g/mol. The Morgan fingerprint density at radius 2 is 1.25 bits per heavy atom. The molecule has 0 saturated carbocycles. The molecule has 0 aromatic heterocycles. The number of aliphatic hydroxyl groups is 1. The van der Waals surface area contributed by atoms with Crippen LogP contribution in [0, 0.1) is 0 Å². The second kappa shape index (κ2) is 4.36. The van der Waals surface area contributed by atoms with E-state index >= 15 is 0 Å². The first-order valence-electron chi connectivity index (χ1n) is 2.34. The smallest absolute Gasteiger partial charge is 1.00 e. The Kier molecular flexibility index (Phi) is 5.80. The van der Waals surface area contributed by atoms with Gasteiger partial charge in [0, 0.05) is 0 Å². The second-order valence-electron chi connectivity index (χ2n) is 2.06. The van der Waals surface area contributed by atoms with E-state index in [4.69, 9.17) is 24.7 Å². The third-order valence-corrected chi connectivity index (χ3v) is 4.87. The first-order valence-corrected chi connectivity index (χ1v) is 5.56. The Balaban J connectivity index is -0.000000167. The molecule has 0 aliphatic heterocycles. The molecular weight excluding hydrogens is 238 g/mol. The van der Waals surface area contributed by atoms with Crippen LogP contribution in [0.25, 0.3) is 0 Å². The maximum Gasteiger partial charge on any atom is 2.00 e. The van der Waals surface area contributed by atoms with E-state index < -0.39 is 20.3 Å². The minimum atomic E-state index is -5.20. The van der Waals surface area contributed by atoms with Crippen LogP contribution < -0.4 is 0 Å². The third kappa shape index (κ3) is 3.35. The van der Waals surface area contributed by atoms with Crippen molar-refractivity contribution in [1.82, 2.24) is 0 Å². The minimum absolute atomic E-state index is 0. The Bertz CT molecular complexity index is 220. The minimum Gasteiger partial charge on any atom is -1.00 e. The van der Waals surface area contributed by atoms with Crippen molar-refractivity contribution in [2.45, 2.75) is 12.0 Å². The molecule has 0 radical (unpaired) electrons. The van der Waals surface area contributed by atoms with Crippen molar-refractivity contribution in [1.29, 1.82) is 0 Å². The van der Waals surface area contributed by atoms with Gasteiger partial charge in [-0.25, -0.2) is 0 Å². The fraction of sp³-hybridized carbons (Fsp3) is 1.00. The summed E-state index contributed by atoms with van der Waals surface area (Å²) >= 11 is 0. The zero-order valence-electron chi connectivity index (χ0n) is 8.15. The molecule has 0 spiro atoms. The summed E-state index contributed by atoms with van der Waals surface area (Å²) in [6.45, 7) is 0.383. The summed E-state index contributed by atoms with van der Waals surface area (Å²) in [5.74, 6) is 0. The Labute approximate surface area is 101 Å². The molecule has 0 amide bonds. The van der Waals surface area contributed by atoms with E-state index in [-0.39, 0.29) is 40.6 Å². The Morgan fingerprint density at radius 1 is 1.08 bits per heavy atom. The molecule has 0 fully saturated rings. The molecular formula is C2H10CaO7P2. The van der Waals surface area contributed by atoms with Crippen LogP contribution in [-0.4, -0.2) is 67.5 Å². The van der Waals surface area contributed by atoms with Gasteiger partial charge in [-0.3, -0.25) is 9.13 Å². The third-order valence-electron chi connectivity index (χ3n) is 1.10. The van der Waals surface area contributed by atoms with Crippen LogP contribution >= 0.6 is 15.2 Å². The van der Waals surface area contributed by atoms with E-state index in [1.54, 1.807) is 0 Å². The summed E-state index contributed by atoms with van der Waals surface area (Å²) in [4.78, 5) is 33.0. The van der Waals surface area contributed by atoms with Crippen LogP contribution in [0.5, 0.6) is 0 Å². The van der Waals surface area contributed by atoms with Crippen LogP contribution in [0.2, 0.25) is 0 Å². The maximum absolute atomic E-state index is 10.3. The van der Waals surface area contributed by atoms with E-state index in [1.807, 2.05) is 0 Å². The molecule has 10 heteroatoms. The summed E-state index contributed by atoms with van der Waals surface area (Å²) in [6, 6.07) is 0. The molecule has 0 aromatic rings. The van der Waals surface area contributed by atoms with E-state index in [1.165, 1.54) is 0 Å². The normalized spacial score (nSPS) is 13.8.